The van der Waals surface area contributed by atoms with Gasteiger partial charge in [-0.05, 0) is 12.8 Å². The molecule has 0 spiro atoms. The maximum absolute atomic E-state index is 11.9. The van der Waals surface area contributed by atoms with Gasteiger partial charge in [0, 0.05) is 6.54 Å². The normalized spacial score (nSPS) is 23.9. The fourth-order valence-electron chi connectivity index (χ4n) is 1.77. The molecule has 90 valence electrons. The van der Waals surface area contributed by atoms with E-state index in [1.165, 1.54) is 11.8 Å². The fourth-order valence-corrected chi connectivity index (χ4v) is 1.90. The molecule has 0 aromatic rings. The van der Waals surface area contributed by atoms with E-state index in [1.807, 2.05) is 0 Å². The Morgan fingerprint density at radius 1 is 1.56 bits per heavy atom. The number of nitrogens with zero attached hydrogens (tertiary/aromatic N) is 2. The van der Waals surface area contributed by atoms with Gasteiger partial charge in [0.25, 0.3) is 0 Å². The summed E-state index contributed by atoms with van der Waals surface area (Å²) in [4.78, 5) is 34.3. The molecule has 1 N–H and O–H groups in total. The van der Waals surface area contributed by atoms with Crippen LogP contribution in [0, 0.1) is 10.8 Å². The minimum Gasteiger partial charge on any atom is -0.480 e. The molecule has 1 amide bonds. The van der Waals surface area contributed by atoms with Gasteiger partial charge >= 0.3 is 5.97 Å². The second-order valence-corrected chi connectivity index (χ2v) is 4.36. The molecule has 6 nitrogen and oxygen atoms in total. The Morgan fingerprint density at radius 3 is 2.69 bits per heavy atom. The zero-order chi connectivity index (χ0) is 12.3. The van der Waals surface area contributed by atoms with Crippen LogP contribution < -0.4 is 0 Å². The Hall–Kier alpha value is -1.11. The summed E-state index contributed by atoms with van der Waals surface area (Å²) in [7, 11) is 0. The van der Waals surface area contributed by atoms with Crippen molar-refractivity contribution in [3.63, 3.8) is 0 Å². The summed E-state index contributed by atoms with van der Waals surface area (Å²) < 4.78 is 0. The third kappa shape index (κ3) is 2.52. The van der Waals surface area contributed by atoms with Gasteiger partial charge in [0.1, 0.15) is 11.4 Å². The van der Waals surface area contributed by atoms with Crippen LogP contribution in [0.25, 0.3) is 0 Å². The van der Waals surface area contributed by atoms with Crippen LogP contribution in [0.15, 0.2) is 5.18 Å². The Bertz CT molecular complexity index is 310. The molecular formula is C9H14N2O4S. The number of rotatable bonds is 4. The van der Waals surface area contributed by atoms with E-state index < -0.39 is 23.3 Å². The third-order valence-electron chi connectivity index (χ3n) is 2.77. The first-order valence-electron chi connectivity index (χ1n) is 5.03. The van der Waals surface area contributed by atoms with Crippen molar-refractivity contribution in [2.24, 2.45) is 11.1 Å². The lowest BCUT2D eigenvalue weighted by Crippen LogP contribution is -2.44. The number of amides is 1. The number of carboxylic acids is 1. The summed E-state index contributed by atoms with van der Waals surface area (Å²) in [5, 5.41) is 10.7. The Morgan fingerprint density at radius 2 is 2.19 bits per heavy atom. The van der Waals surface area contributed by atoms with E-state index in [-0.39, 0.29) is 5.91 Å². The van der Waals surface area contributed by atoms with Crippen molar-refractivity contribution in [1.82, 2.24) is 4.90 Å². The number of carbonyl (C=O) groups is 2. The molecule has 0 aliphatic carbocycles. The molecule has 1 aliphatic heterocycles. The van der Waals surface area contributed by atoms with Crippen molar-refractivity contribution in [1.29, 1.82) is 0 Å². The standard InChI is InChI=1S/C9H14N2O4S/c1-5(7(16)10-15)8(12)11-4-2-3-6(11)9(13)14/h5-7,16H,2-4H2,1H3,(H,13,14)/t5-,6+,7?/m1/s1. The zero-order valence-electron chi connectivity index (χ0n) is 8.87. The minimum absolute atomic E-state index is 0.371. The highest BCUT2D eigenvalue weighted by molar-refractivity contribution is 7.81. The number of aliphatic carboxylic acids is 1. The predicted molar refractivity (Wildman–Crippen MR) is 60.1 cm³/mol. The average molecular weight is 246 g/mol. The van der Waals surface area contributed by atoms with Crippen molar-refractivity contribution in [2.45, 2.75) is 31.2 Å². The molecule has 7 heteroatoms. The molecule has 1 aliphatic rings. The number of carboxylic acid groups (broad SMARTS) is 1. The minimum atomic E-state index is -1.01. The lowest BCUT2D eigenvalue weighted by Gasteiger charge is -2.25. The molecule has 1 rings (SSSR count). The van der Waals surface area contributed by atoms with Crippen LogP contribution in [0.4, 0.5) is 0 Å². The summed E-state index contributed by atoms with van der Waals surface area (Å²) in [5.41, 5.74) is 0. The lowest BCUT2D eigenvalue weighted by molar-refractivity contribution is -0.149. The first kappa shape index (κ1) is 13.0. The molecular weight excluding hydrogens is 232 g/mol. The van der Waals surface area contributed by atoms with Gasteiger partial charge in [-0.3, -0.25) is 4.79 Å². The number of thiol groups is 1. The molecule has 1 fully saturated rings. The van der Waals surface area contributed by atoms with Gasteiger partial charge in [-0.1, -0.05) is 12.1 Å². The molecule has 0 aromatic carbocycles. The van der Waals surface area contributed by atoms with Crippen LogP contribution in [0.1, 0.15) is 19.8 Å². The van der Waals surface area contributed by atoms with E-state index in [0.29, 0.717) is 19.4 Å². The van der Waals surface area contributed by atoms with E-state index in [1.54, 1.807) is 0 Å². The number of likely N-dealkylation sites (tertiary alicyclic amines) is 1. The largest absolute Gasteiger partial charge is 0.480 e. The van der Waals surface area contributed by atoms with Crippen LogP contribution in [-0.4, -0.2) is 39.8 Å². The monoisotopic (exact) mass is 246 g/mol. The van der Waals surface area contributed by atoms with Gasteiger partial charge < -0.3 is 10.0 Å². The maximum Gasteiger partial charge on any atom is 0.326 e. The summed E-state index contributed by atoms with van der Waals surface area (Å²) in [6.07, 6.45) is 1.13. The van der Waals surface area contributed by atoms with Crippen molar-refractivity contribution in [2.75, 3.05) is 6.54 Å². The van der Waals surface area contributed by atoms with Gasteiger partial charge in [-0.15, -0.1) is 17.5 Å². The topological polar surface area (TPSA) is 87.0 Å². The third-order valence-corrected chi connectivity index (χ3v) is 3.31. The zero-order valence-corrected chi connectivity index (χ0v) is 9.76. The maximum atomic E-state index is 11.9. The van der Waals surface area contributed by atoms with Gasteiger partial charge in [0.2, 0.25) is 5.91 Å². The second kappa shape index (κ2) is 5.29. The van der Waals surface area contributed by atoms with Crippen molar-refractivity contribution >= 4 is 24.5 Å². The van der Waals surface area contributed by atoms with Crippen LogP contribution in [0.2, 0.25) is 0 Å². The van der Waals surface area contributed by atoms with Gasteiger partial charge in [-0.25, -0.2) is 4.79 Å². The number of hydrogen-bond acceptors (Lipinski definition) is 5. The van der Waals surface area contributed by atoms with Crippen molar-refractivity contribution in [3.05, 3.63) is 4.91 Å². The van der Waals surface area contributed by atoms with Crippen LogP contribution in [0.5, 0.6) is 0 Å². The Labute approximate surface area is 98.4 Å². The number of nitroso groups, excluding NO2 is 1. The molecule has 16 heavy (non-hydrogen) atoms. The number of carbonyl (C=O) groups excluding carboxylic acids is 1. The highest BCUT2D eigenvalue weighted by Crippen LogP contribution is 2.22. The summed E-state index contributed by atoms with van der Waals surface area (Å²) >= 11 is 3.86. The SMILES string of the molecule is C[C@@H](C(=O)N1CCC[C@H]1C(=O)O)C(S)N=O. The lowest BCUT2D eigenvalue weighted by atomic mass is 10.1. The quantitative estimate of drug-likeness (QED) is 0.565. The molecule has 0 aromatic heterocycles. The van der Waals surface area contributed by atoms with Crippen molar-refractivity contribution < 1.29 is 14.7 Å². The van der Waals surface area contributed by atoms with Crippen LogP contribution in [0.3, 0.4) is 0 Å². The summed E-state index contributed by atoms with van der Waals surface area (Å²) in [6.45, 7) is 1.94. The van der Waals surface area contributed by atoms with E-state index in [0.717, 1.165) is 0 Å². The molecule has 0 saturated carbocycles. The highest BCUT2D eigenvalue weighted by Gasteiger charge is 2.37. The molecule has 0 radical (unpaired) electrons. The van der Waals surface area contributed by atoms with E-state index in [4.69, 9.17) is 5.11 Å². The van der Waals surface area contributed by atoms with E-state index in [2.05, 4.69) is 17.8 Å². The second-order valence-electron chi connectivity index (χ2n) is 3.84. The van der Waals surface area contributed by atoms with Crippen LogP contribution in [-0.2, 0) is 9.59 Å². The van der Waals surface area contributed by atoms with E-state index in [9.17, 15) is 14.5 Å². The first-order chi connectivity index (χ1) is 7.49. The molecule has 1 heterocycles. The molecule has 1 saturated heterocycles. The first-order valence-corrected chi connectivity index (χ1v) is 5.54. The predicted octanol–water partition coefficient (Wildman–Crippen LogP) is 0.720. The van der Waals surface area contributed by atoms with Gasteiger partial charge in [-0.2, -0.15) is 0 Å². The number of hydrogen-bond donors (Lipinski definition) is 2. The summed E-state index contributed by atoms with van der Waals surface area (Å²) in [6, 6.07) is -0.776. The average Bonchev–Trinajstić information content (AvgIpc) is 2.74. The van der Waals surface area contributed by atoms with Crippen LogP contribution >= 0.6 is 12.6 Å². The van der Waals surface area contributed by atoms with Crippen molar-refractivity contribution in [3.8, 4) is 0 Å². The van der Waals surface area contributed by atoms with E-state index >= 15 is 0 Å². The Kier molecular flexibility index (Phi) is 4.28. The molecule has 1 unspecified atom stereocenters. The highest BCUT2D eigenvalue weighted by atomic mass is 32.1. The fraction of sp³-hybridized carbons (Fsp3) is 0.778. The van der Waals surface area contributed by atoms with Gasteiger partial charge in [0.05, 0.1) is 5.92 Å². The summed E-state index contributed by atoms with van der Waals surface area (Å²) in [5.74, 6) is -2.07. The molecule has 0 bridgehead atoms. The van der Waals surface area contributed by atoms with Gasteiger partial charge in [0.15, 0.2) is 0 Å². The Balaban J connectivity index is 2.73. The molecule has 3 atom stereocenters. The smallest absolute Gasteiger partial charge is 0.326 e.